The van der Waals surface area contributed by atoms with Crippen molar-refractivity contribution in [2.45, 2.75) is 39.7 Å². The molecule has 0 bridgehead atoms. The van der Waals surface area contributed by atoms with E-state index in [1.54, 1.807) is 17.5 Å². The van der Waals surface area contributed by atoms with E-state index in [0.29, 0.717) is 6.54 Å². The topological polar surface area (TPSA) is 38.1 Å². The van der Waals surface area contributed by atoms with E-state index < -0.39 is 0 Å². The number of nitrogens with zero attached hydrogens (tertiary/aromatic N) is 3. The summed E-state index contributed by atoms with van der Waals surface area (Å²) in [4.78, 5) is 17.0. The van der Waals surface area contributed by atoms with Gasteiger partial charge in [0, 0.05) is 30.4 Å². The Hall–Kier alpha value is -1.62. The molecule has 0 saturated carbocycles. The highest BCUT2D eigenvalue weighted by Gasteiger charge is 2.22. The normalized spacial score (nSPS) is 17.3. The summed E-state index contributed by atoms with van der Waals surface area (Å²) in [6.45, 7) is 6.52. The molecular weight excluding hydrogens is 294 g/mol. The Morgan fingerprint density at radius 1 is 1.55 bits per heavy atom. The lowest BCUT2D eigenvalue weighted by atomic mass is 9.90. The number of fused-ring (bicyclic) bond motifs is 1. The highest BCUT2D eigenvalue weighted by atomic mass is 32.1. The molecule has 2 aromatic rings. The zero-order chi connectivity index (χ0) is 15.5. The first-order valence-corrected chi connectivity index (χ1v) is 8.87. The van der Waals surface area contributed by atoms with Gasteiger partial charge in [0.25, 0.3) is 5.91 Å². The van der Waals surface area contributed by atoms with Crippen LogP contribution in [0.15, 0.2) is 24.5 Å². The van der Waals surface area contributed by atoms with E-state index in [2.05, 4.69) is 18.1 Å². The molecule has 0 saturated heterocycles. The molecule has 0 aliphatic heterocycles. The lowest BCUT2D eigenvalue weighted by Gasteiger charge is -2.20. The number of likely N-dealkylation sites (N-methyl/N-ethyl adjacent to an activating group) is 1. The summed E-state index contributed by atoms with van der Waals surface area (Å²) in [5.74, 6) is 0.911. The maximum Gasteiger partial charge on any atom is 0.263 e. The molecule has 1 aliphatic rings. The Kier molecular flexibility index (Phi) is 4.62. The van der Waals surface area contributed by atoms with Crippen molar-refractivity contribution in [2.75, 3.05) is 13.1 Å². The lowest BCUT2D eigenvalue weighted by molar-refractivity contribution is 0.0762. The first kappa shape index (κ1) is 15.3. The van der Waals surface area contributed by atoms with Crippen LogP contribution in [-0.4, -0.2) is 33.7 Å². The van der Waals surface area contributed by atoms with Crippen LogP contribution in [0.5, 0.6) is 0 Å². The van der Waals surface area contributed by atoms with Crippen LogP contribution >= 0.6 is 11.3 Å². The summed E-state index contributed by atoms with van der Waals surface area (Å²) in [5, 5.41) is 4.20. The van der Waals surface area contributed by atoms with Crippen LogP contribution < -0.4 is 0 Å². The van der Waals surface area contributed by atoms with Crippen molar-refractivity contribution in [1.82, 2.24) is 14.7 Å². The molecular formula is C17H23N3OS. The SMILES string of the molecule is CCN(CCn1cccn1)C(=O)c1cc2c(s1)CCC(C)C2. The molecule has 22 heavy (non-hydrogen) atoms. The van der Waals surface area contributed by atoms with Gasteiger partial charge >= 0.3 is 0 Å². The summed E-state index contributed by atoms with van der Waals surface area (Å²) in [5.41, 5.74) is 1.40. The van der Waals surface area contributed by atoms with Gasteiger partial charge in [-0.25, -0.2) is 0 Å². The van der Waals surface area contributed by atoms with E-state index in [1.807, 2.05) is 28.8 Å². The second-order valence-electron chi connectivity index (χ2n) is 6.06. The van der Waals surface area contributed by atoms with E-state index in [9.17, 15) is 4.79 Å². The zero-order valence-electron chi connectivity index (χ0n) is 13.3. The fourth-order valence-corrected chi connectivity index (χ4v) is 4.20. The minimum Gasteiger partial charge on any atom is -0.336 e. The molecule has 1 amide bonds. The second kappa shape index (κ2) is 6.65. The van der Waals surface area contributed by atoms with Gasteiger partial charge in [-0.15, -0.1) is 11.3 Å². The molecule has 1 unspecified atom stereocenters. The maximum atomic E-state index is 12.7. The van der Waals surface area contributed by atoms with E-state index in [4.69, 9.17) is 0 Å². The molecule has 5 heteroatoms. The third-order valence-corrected chi connectivity index (χ3v) is 5.59. The van der Waals surface area contributed by atoms with Crippen LogP contribution in [0.25, 0.3) is 0 Å². The van der Waals surface area contributed by atoms with Gasteiger partial charge in [0.1, 0.15) is 0 Å². The van der Waals surface area contributed by atoms with Crippen LogP contribution in [0.4, 0.5) is 0 Å². The molecule has 4 nitrogen and oxygen atoms in total. The lowest BCUT2D eigenvalue weighted by Crippen LogP contribution is -2.33. The molecule has 1 atom stereocenters. The third-order valence-electron chi connectivity index (χ3n) is 4.37. The fourth-order valence-electron chi connectivity index (χ4n) is 3.03. The molecule has 1 aliphatic carbocycles. The largest absolute Gasteiger partial charge is 0.336 e. The van der Waals surface area contributed by atoms with Crippen molar-refractivity contribution in [3.8, 4) is 0 Å². The summed E-state index contributed by atoms with van der Waals surface area (Å²) < 4.78 is 1.87. The number of carbonyl (C=O) groups is 1. The van der Waals surface area contributed by atoms with Gasteiger partial charge in [0.2, 0.25) is 0 Å². The zero-order valence-corrected chi connectivity index (χ0v) is 14.1. The minimum atomic E-state index is 0.168. The number of hydrogen-bond donors (Lipinski definition) is 0. The van der Waals surface area contributed by atoms with Crippen LogP contribution in [0.2, 0.25) is 0 Å². The van der Waals surface area contributed by atoms with Gasteiger partial charge in [-0.3, -0.25) is 9.48 Å². The number of rotatable bonds is 5. The molecule has 0 aromatic carbocycles. The van der Waals surface area contributed by atoms with Crippen LogP contribution in [-0.2, 0) is 19.4 Å². The molecule has 0 fully saturated rings. The van der Waals surface area contributed by atoms with Crippen LogP contribution in [0, 0.1) is 5.92 Å². The third kappa shape index (κ3) is 3.24. The van der Waals surface area contributed by atoms with Gasteiger partial charge in [-0.1, -0.05) is 6.92 Å². The highest BCUT2D eigenvalue weighted by molar-refractivity contribution is 7.14. The summed E-state index contributed by atoms with van der Waals surface area (Å²) in [7, 11) is 0. The van der Waals surface area contributed by atoms with Crippen LogP contribution in [0.3, 0.4) is 0 Å². The van der Waals surface area contributed by atoms with Gasteiger partial charge in [0.05, 0.1) is 11.4 Å². The van der Waals surface area contributed by atoms with Gasteiger partial charge in [-0.05, 0) is 49.8 Å². The molecule has 2 heterocycles. The van der Waals surface area contributed by atoms with E-state index in [-0.39, 0.29) is 5.91 Å². The average Bonchev–Trinajstić information content (AvgIpc) is 3.16. The highest BCUT2D eigenvalue weighted by Crippen LogP contribution is 2.32. The van der Waals surface area contributed by atoms with Crippen molar-refractivity contribution in [1.29, 1.82) is 0 Å². The first-order valence-electron chi connectivity index (χ1n) is 8.05. The Morgan fingerprint density at radius 3 is 3.14 bits per heavy atom. The summed E-state index contributed by atoms with van der Waals surface area (Å²) in [6.07, 6.45) is 7.21. The predicted octanol–water partition coefficient (Wildman–Crippen LogP) is 3.23. The van der Waals surface area contributed by atoms with Crippen molar-refractivity contribution in [3.05, 3.63) is 39.8 Å². The number of thiophene rings is 1. The van der Waals surface area contributed by atoms with Gasteiger partial charge < -0.3 is 4.90 Å². The number of aromatic nitrogens is 2. The minimum absolute atomic E-state index is 0.168. The monoisotopic (exact) mass is 317 g/mol. The van der Waals surface area contributed by atoms with Crippen molar-refractivity contribution in [2.24, 2.45) is 5.92 Å². The molecule has 0 radical (unpaired) electrons. The molecule has 118 valence electrons. The second-order valence-corrected chi connectivity index (χ2v) is 7.20. The molecule has 0 spiro atoms. The molecule has 0 N–H and O–H groups in total. The average molecular weight is 317 g/mol. The predicted molar refractivity (Wildman–Crippen MR) is 89.3 cm³/mol. The fraction of sp³-hybridized carbons (Fsp3) is 0.529. The Balaban J connectivity index is 1.68. The number of carbonyl (C=O) groups excluding carboxylic acids is 1. The molecule has 3 rings (SSSR count). The first-order chi connectivity index (χ1) is 10.7. The summed E-state index contributed by atoms with van der Waals surface area (Å²) in [6, 6.07) is 4.04. The molecule has 2 aromatic heterocycles. The van der Waals surface area contributed by atoms with Crippen molar-refractivity contribution >= 4 is 17.2 Å². The Labute approximate surface area is 135 Å². The van der Waals surface area contributed by atoms with Gasteiger partial charge in [-0.2, -0.15) is 5.10 Å². The smallest absolute Gasteiger partial charge is 0.263 e. The van der Waals surface area contributed by atoms with Gasteiger partial charge in [0.15, 0.2) is 0 Å². The summed E-state index contributed by atoms with van der Waals surface area (Å²) >= 11 is 1.70. The number of aryl methyl sites for hydroxylation is 1. The van der Waals surface area contributed by atoms with Crippen molar-refractivity contribution in [3.63, 3.8) is 0 Å². The Bertz CT molecular complexity index is 632. The van der Waals surface area contributed by atoms with E-state index >= 15 is 0 Å². The van der Waals surface area contributed by atoms with Crippen LogP contribution in [0.1, 0.15) is 40.4 Å². The van der Waals surface area contributed by atoms with E-state index in [0.717, 1.165) is 36.7 Å². The maximum absolute atomic E-state index is 12.7. The number of hydrogen-bond acceptors (Lipinski definition) is 3. The van der Waals surface area contributed by atoms with E-state index in [1.165, 1.54) is 16.9 Å². The number of amides is 1. The standard InChI is InChI=1S/C17H23N3OS/c1-3-19(9-10-20-8-4-7-18-20)17(21)16-12-14-11-13(2)5-6-15(14)22-16/h4,7-8,12-13H,3,5-6,9-11H2,1-2H3. The Morgan fingerprint density at radius 2 is 2.41 bits per heavy atom. The quantitative estimate of drug-likeness (QED) is 0.849. The van der Waals surface area contributed by atoms with Crippen molar-refractivity contribution < 1.29 is 4.79 Å².